The van der Waals surface area contributed by atoms with Crippen molar-refractivity contribution in [2.24, 2.45) is 0 Å². The van der Waals surface area contributed by atoms with E-state index in [1.165, 1.54) is 0 Å². The summed E-state index contributed by atoms with van der Waals surface area (Å²) in [6.45, 7) is 0. The van der Waals surface area contributed by atoms with Gasteiger partial charge in [-0.25, -0.2) is 4.98 Å². The van der Waals surface area contributed by atoms with Gasteiger partial charge >= 0.3 is 0 Å². The van der Waals surface area contributed by atoms with Crippen LogP contribution in [0.3, 0.4) is 0 Å². The van der Waals surface area contributed by atoms with Crippen molar-refractivity contribution >= 4 is 101 Å². The smallest absolute Gasteiger partial charge is 0.176 e. The van der Waals surface area contributed by atoms with Crippen molar-refractivity contribution in [1.82, 2.24) is 19.8 Å². The summed E-state index contributed by atoms with van der Waals surface area (Å²) < 4.78 is 0.432. The van der Waals surface area contributed by atoms with Gasteiger partial charge in [-0.15, -0.1) is 5.10 Å². The lowest BCUT2D eigenvalue weighted by Gasteiger charge is -2.18. The van der Waals surface area contributed by atoms with Gasteiger partial charge in [0.05, 0.1) is 17.6 Å². The quantitative estimate of drug-likeness (QED) is 0.401. The molecule has 0 bridgehead atoms. The van der Waals surface area contributed by atoms with E-state index in [2.05, 4.69) is 111 Å². The first-order valence-corrected chi connectivity index (χ1v) is 8.81. The second-order valence-corrected chi connectivity index (χ2v) is 16.5. The molecule has 2 aromatic heterocycles. The summed E-state index contributed by atoms with van der Waals surface area (Å²) in [4.78, 5) is 4.42. The minimum Gasteiger partial charge on any atom is -0.229 e. The molecule has 0 spiro atoms. The Balaban J connectivity index is 2.76. The number of hydrogen-bond donors (Lipinski definition) is 0. The molecule has 2 rings (SSSR count). The van der Waals surface area contributed by atoms with Crippen molar-refractivity contribution in [2.75, 3.05) is 0 Å². The summed E-state index contributed by atoms with van der Waals surface area (Å²) in [5, 5.41) is 7.82. The lowest BCUT2D eigenvalue weighted by atomic mass is 10.3. The molecule has 0 unspecified atom stereocenters. The highest BCUT2D eigenvalue weighted by atomic mass is 80.0. The molecule has 0 saturated heterocycles. The van der Waals surface area contributed by atoms with Gasteiger partial charge in [-0.2, -0.15) is 4.52 Å². The fourth-order valence-electron chi connectivity index (χ4n) is 1.17. The third-order valence-corrected chi connectivity index (χ3v) is 4.29. The number of alkyl halides is 6. The largest absolute Gasteiger partial charge is 0.229 e. The molecule has 0 radical (unpaired) electrons. The maximum atomic E-state index is 4.42. The first-order chi connectivity index (χ1) is 7.69. The van der Waals surface area contributed by atoms with Crippen LogP contribution in [0.15, 0.2) is 12.3 Å². The minimum atomic E-state index is -0.602. The molecule has 0 atom stereocenters. The Morgan fingerprint density at radius 1 is 1.00 bits per heavy atom. The minimum absolute atomic E-state index is 0.591. The molecule has 0 fully saturated rings. The van der Waals surface area contributed by atoms with Crippen LogP contribution in [0.5, 0.6) is 0 Å². The van der Waals surface area contributed by atoms with Gasteiger partial charge in [0.1, 0.15) is 0 Å². The van der Waals surface area contributed by atoms with Crippen molar-refractivity contribution in [3.05, 3.63) is 23.7 Å². The highest BCUT2D eigenvalue weighted by Crippen LogP contribution is 2.48. The van der Waals surface area contributed by atoms with Crippen molar-refractivity contribution < 1.29 is 0 Å². The van der Waals surface area contributed by atoms with Gasteiger partial charge in [0, 0.05) is 0 Å². The number of fused-ring (bicyclic) bond motifs is 1. The fourth-order valence-corrected chi connectivity index (χ4v) is 2.63. The molecule has 92 valence electrons. The SMILES string of the molecule is BrC(Br)(Br)c1cc(C(Br)(Br)Br)n2nncc2n1. The second-order valence-electron chi connectivity index (χ2n) is 3.03. The molecule has 2 heterocycles. The van der Waals surface area contributed by atoms with Crippen LogP contribution in [-0.2, 0) is 4.29 Å². The van der Waals surface area contributed by atoms with Crippen LogP contribution in [0.1, 0.15) is 11.4 Å². The predicted octanol–water partition coefficient (Wildman–Crippen LogP) is 4.71. The number of hydrogen-bond acceptors (Lipinski definition) is 3. The van der Waals surface area contributed by atoms with E-state index in [9.17, 15) is 0 Å². The van der Waals surface area contributed by atoms with Crippen LogP contribution < -0.4 is 0 Å². The predicted molar refractivity (Wildman–Crippen MR) is 87.7 cm³/mol. The van der Waals surface area contributed by atoms with E-state index < -0.39 is 4.29 Å². The zero-order valence-electron chi connectivity index (χ0n) is 7.71. The normalized spacial score (nSPS) is 13.3. The van der Waals surface area contributed by atoms with Crippen molar-refractivity contribution in [2.45, 2.75) is 4.29 Å². The molecule has 2 aromatic rings. The average Bonchev–Trinajstić information content (AvgIpc) is 2.59. The fraction of sp³-hybridized carbons (Fsp3) is 0.286. The monoisotopic (exact) mass is 616 g/mol. The second kappa shape index (κ2) is 5.08. The van der Waals surface area contributed by atoms with Crippen molar-refractivity contribution in [3.8, 4) is 0 Å². The summed E-state index contributed by atoms with van der Waals surface area (Å²) in [5.74, 6) is 0. The van der Waals surface area contributed by atoms with Gasteiger partial charge in [0.25, 0.3) is 0 Å². The zero-order valence-corrected chi connectivity index (χ0v) is 17.2. The standard InChI is InChI=1S/C7H2Br6N4/c8-6(9,10)3-1-4(7(11,12)13)17-5(15-3)2-14-16-17/h1-2H. The van der Waals surface area contributed by atoms with Gasteiger partial charge in [-0.3, -0.25) is 0 Å². The molecule has 0 amide bonds. The van der Waals surface area contributed by atoms with E-state index in [0.717, 1.165) is 11.4 Å². The Kier molecular flexibility index (Phi) is 4.43. The van der Waals surface area contributed by atoms with Crippen molar-refractivity contribution in [1.29, 1.82) is 0 Å². The van der Waals surface area contributed by atoms with E-state index in [4.69, 9.17) is 0 Å². The molecule has 0 aliphatic heterocycles. The van der Waals surface area contributed by atoms with Crippen LogP contribution in [0, 0.1) is 0 Å². The lowest BCUT2D eigenvalue weighted by Crippen LogP contribution is -2.13. The molecule has 17 heavy (non-hydrogen) atoms. The Morgan fingerprint density at radius 3 is 2.18 bits per heavy atom. The molecule has 0 aliphatic carbocycles. The number of rotatable bonds is 0. The number of aromatic nitrogens is 4. The van der Waals surface area contributed by atoms with Gasteiger partial charge in [0.2, 0.25) is 0 Å². The van der Waals surface area contributed by atoms with E-state index in [-0.39, 0.29) is 0 Å². The molecule has 0 aromatic carbocycles. The summed E-state index contributed by atoms with van der Waals surface area (Å²) in [6, 6.07) is 1.86. The maximum Gasteiger partial charge on any atom is 0.176 e. The Hall–Kier alpha value is 1.43. The van der Waals surface area contributed by atoms with E-state index in [0.29, 0.717) is 5.65 Å². The van der Waals surface area contributed by atoms with Crippen LogP contribution in [0.4, 0.5) is 0 Å². The van der Waals surface area contributed by atoms with Gasteiger partial charge in [-0.1, -0.05) is 101 Å². The Morgan fingerprint density at radius 2 is 1.65 bits per heavy atom. The third kappa shape index (κ3) is 3.31. The van der Waals surface area contributed by atoms with Crippen LogP contribution in [0.2, 0.25) is 0 Å². The molecule has 0 N–H and O–H groups in total. The van der Waals surface area contributed by atoms with E-state index in [1.54, 1.807) is 10.7 Å². The molecular weight excluding hydrogens is 620 g/mol. The maximum absolute atomic E-state index is 4.42. The Labute approximate surface area is 147 Å². The van der Waals surface area contributed by atoms with Gasteiger partial charge < -0.3 is 0 Å². The first kappa shape index (κ1) is 14.8. The summed E-state index contributed by atoms with van der Waals surface area (Å²) in [7, 11) is 0. The molecule has 0 aliphatic rings. The van der Waals surface area contributed by atoms with Crippen LogP contribution >= 0.6 is 95.6 Å². The number of halogens is 6. The third-order valence-electron chi connectivity index (χ3n) is 1.85. The molecule has 0 saturated carbocycles. The molecule has 4 nitrogen and oxygen atoms in total. The van der Waals surface area contributed by atoms with Gasteiger partial charge in [-0.05, 0) is 6.07 Å². The number of nitrogens with zero attached hydrogens (tertiary/aromatic N) is 4. The lowest BCUT2D eigenvalue weighted by molar-refractivity contribution is 0.804. The topological polar surface area (TPSA) is 43.1 Å². The first-order valence-electron chi connectivity index (χ1n) is 4.05. The van der Waals surface area contributed by atoms with Crippen LogP contribution in [0.25, 0.3) is 5.65 Å². The van der Waals surface area contributed by atoms with E-state index >= 15 is 0 Å². The zero-order chi connectivity index (χ0) is 12.8. The van der Waals surface area contributed by atoms with Crippen LogP contribution in [-0.4, -0.2) is 19.8 Å². The van der Waals surface area contributed by atoms with Crippen molar-refractivity contribution in [3.63, 3.8) is 0 Å². The van der Waals surface area contributed by atoms with E-state index in [1.807, 2.05) is 6.07 Å². The molecular formula is C7H2Br6N4. The van der Waals surface area contributed by atoms with Gasteiger partial charge in [0.15, 0.2) is 9.93 Å². The Bertz CT molecular complexity index is 553. The highest BCUT2D eigenvalue weighted by molar-refractivity contribution is 9.39. The average molecular weight is 622 g/mol. The highest BCUT2D eigenvalue weighted by Gasteiger charge is 2.30. The summed E-state index contributed by atoms with van der Waals surface area (Å²) >= 11 is 20.7. The summed E-state index contributed by atoms with van der Waals surface area (Å²) in [6.07, 6.45) is 1.59. The molecule has 10 heteroatoms. The summed E-state index contributed by atoms with van der Waals surface area (Å²) in [5.41, 5.74) is 2.19.